The van der Waals surface area contributed by atoms with Crippen molar-refractivity contribution in [1.82, 2.24) is 9.80 Å². The smallest absolute Gasteiger partial charge is 0.149 e. The molecule has 0 radical (unpaired) electrons. The molecular weight excluding hydrogens is 308 g/mol. The highest BCUT2D eigenvalue weighted by atomic mass is 32.2. The molecule has 0 aliphatic carbocycles. The molecule has 4 nitrogen and oxygen atoms in total. The summed E-state index contributed by atoms with van der Waals surface area (Å²) in [5, 5.41) is 0.731. The Hall–Kier alpha value is -0.260. The minimum absolute atomic E-state index is 0.119. The van der Waals surface area contributed by atoms with E-state index in [4.69, 9.17) is 0 Å². The Balaban J connectivity index is 1.75. The van der Waals surface area contributed by atoms with Crippen LogP contribution in [0.1, 0.15) is 53.4 Å². The molecule has 1 unspecified atom stereocenters. The zero-order chi connectivity index (χ0) is 17.0. The molecule has 0 aromatic heterocycles. The predicted molar refractivity (Wildman–Crippen MR) is 97.2 cm³/mol. The van der Waals surface area contributed by atoms with Crippen LogP contribution in [-0.2, 0) is 15.6 Å². The van der Waals surface area contributed by atoms with Gasteiger partial charge in [-0.15, -0.1) is 0 Å². The third kappa shape index (κ3) is 5.36. The lowest BCUT2D eigenvalue weighted by Gasteiger charge is -2.37. The molecule has 2 fully saturated rings. The fraction of sp³-hybridized carbons (Fsp3) is 0.944. The number of likely N-dealkylation sites (tertiary alicyclic amines) is 2. The predicted octanol–water partition coefficient (Wildman–Crippen LogP) is 2.30. The maximum absolute atomic E-state index is 12.9. The summed E-state index contributed by atoms with van der Waals surface area (Å²) < 4.78 is 12.9. The van der Waals surface area contributed by atoms with E-state index in [1.54, 1.807) is 0 Å². The molecule has 2 aliphatic rings. The Bertz CT molecular complexity index is 409. The minimum atomic E-state index is -0.696. The average Bonchev–Trinajstić information content (AvgIpc) is 2.55. The first-order valence-corrected chi connectivity index (χ1v) is 10.5. The number of hydrogen-bond acceptors (Lipinski definition) is 4. The van der Waals surface area contributed by atoms with Gasteiger partial charge in [-0.1, -0.05) is 13.8 Å². The first-order chi connectivity index (χ1) is 10.9. The first kappa shape index (κ1) is 19.1. The molecule has 23 heavy (non-hydrogen) atoms. The molecule has 0 spiro atoms. The fourth-order valence-electron chi connectivity index (χ4n) is 3.60. The summed E-state index contributed by atoms with van der Waals surface area (Å²) in [6.45, 7) is 13.0. The van der Waals surface area contributed by atoms with Gasteiger partial charge in [-0.2, -0.15) is 0 Å². The molecule has 0 aromatic rings. The van der Waals surface area contributed by atoms with Gasteiger partial charge in [0.25, 0.3) is 0 Å². The summed E-state index contributed by atoms with van der Waals surface area (Å²) in [5.74, 6) is 0.443. The Morgan fingerprint density at radius 2 is 1.43 bits per heavy atom. The maximum Gasteiger partial charge on any atom is 0.149 e. The van der Waals surface area contributed by atoms with E-state index >= 15 is 0 Å². The van der Waals surface area contributed by atoms with Gasteiger partial charge in [0, 0.05) is 33.3 Å². The second kappa shape index (κ2) is 8.72. The van der Waals surface area contributed by atoms with Gasteiger partial charge in [-0.25, -0.2) is 0 Å². The highest BCUT2D eigenvalue weighted by Crippen LogP contribution is 2.25. The highest BCUT2D eigenvalue weighted by Gasteiger charge is 2.32. The molecule has 0 amide bonds. The summed E-state index contributed by atoms with van der Waals surface area (Å²) in [7, 11) is -0.696. The topological polar surface area (TPSA) is 40.6 Å². The lowest BCUT2D eigenvalue weighted by Crippen LogP contribution is -2.46. The Morgan fingerprint density at radius 1 is 0.957 bits per heavy atom. The van der Waals surface area contributed by atoms with Crippen LogP contribution in [0.2, 0.25) is 0 Å². The molecule has 2 heterocycles. The molecular formula is C18H34N2O2S. The van der Waals surface area contributed by atoms with Crippen LogP contribution in [0.4, 0.5) is 0 Å². The number of piperidine rings is 2. The third-order valence-corrected chi connectivity index (χ3v) is 7.68. The summed E-state index contributed by atoms with van der Waals surface area (Å²) in [6, 6.07) is 0.603. The van der Waals surface area contributed by atoms with E-state index in [0.29, 0.717) is 28.9 Å². The summed E-state index contributed by atoms with van der Waals surface area (Å²) >= 11 is 0. The SMILES string of the molecule is CC(C)C(=O)CN1CCC(S(=O)C2CCN(C(C)C)CC2)CC1. The van der Waals surface area contributed by atoms with Crippen molar-refractivity contribution in [3.63, 3.8) is 0 Å². The van der Waals surface area contributed by atoms with Crippen molar-refractivity contribution in [3.8, 4) is 0 Å². The van der Waals surface area contributed by atoms with Crippen molar-refractivity contribution in [3.05, 3.63) is 0 Å². The van der Waals surface area contributed by atoms with E-state index in [1.165, 1.54) is 0 Å². The van der Waals surface area contributed by atoms with Crippen molar-refractivity contribution in [2.24, 2.45) is 5.92 Å². The molecule has 134 valence electrons. The Kier molecular flexibility index (Phi) is 7.23. The van der Waals surface area contributed by atoms with Crippen molar-refractivity contribution in [1.29, 1.82) is 0 Å². The van der Waals surface area contributed by atoms with Gasteiger partial charge in [0.2, 0.25) is 0 Å². The van der Waals surface area contributed by atoms with Crippen LogP contribution in [0.15, 0.2) is 0 Å². The van der Waals surface area contributed by atoms with Crippen molar-refractivity contribution < 1.29 is 9.00 Å². The first-order valence-electron chi connectivity index (χ1n) is 9.27. The highest BCUT2D eigenvalue weighted by molar-refractivity contribution is 7.86. The van der Waals surface area contributed by atoms with Crippen LogP contribution in [0.25, 0.3) is 0 Å². The normalized spacial score (nSPS) is 24.4. The second-order valence-electron chi connectivity index (χ2n) is 7.75. The fourth-order valence-corrected chi connectivity index (χ4v) is 5.49. The second-order valence-corrected chi connectivity index (χ2v) is 9.74. The van der Waals surface area contributed by atoms with Gasteiger partial charge in [0.05, 0.1) is 6.54 Å². The molecule has 2 saturated heterocycles. The molecule has 0 aromatic carbocycles. The van der Waals surface area contributed by atoms with E-state index in [-0.39, 0.29) is 5.92 Å². The molecule has 1 atom stereocenters. The van der Waals surface area contributed by atoms with E-state index in [2.05, 4.69) is 23.6 Å². The Labute approximate surface area is 144 Å². The monoisotopic (exact) mass is 342 g/mol. The summed E-state index contributed by atoms with van der Waals surface area (Å²) in [4.78, 5) is 16.6. The van der Waals surface area contributed by atoms with Gasteiger partial charge in [-0.3, -0.25) is 13.9 Å². The van der Waals surface area contributed by atoms with Crippen LogP contribution < -0.4 is 0 Å². The number of nitrogens with zero attached hydrogens (tertiary/aromatic N) is 2. The van der Waals surface area contributed by atoms with E-state index in [9.17, 15) is 9.00 Å². The molecule has 5 heteroatoms. The van der Waals surface area contributed by atoms with Crippen molar-refractivity contribution >= 4 is 16.6 Å². The maximum atomic E-state index is 12.9. The zero-order valence-corrected chi connectivity index (χ0v) is 16.1. The van der Waals surface area contributed by atoms with Crippen LogP contribution in [-0.4, -0.2) is 69.1 Å². The summed E-state index contributed by atoms with van der Waals surface area (Å²) in [5.41, 5.74) is 0. The summed E-state index contributed by atoms with van der Waals surface area (Å²) in [6.07, 6.45) is 4.14. The Morgan fingerprint density at radius 3 is 1.87 bits per heavy atom. The molecule has 2 aliphatic heterocycles. The van der Waals surface area contributed by atoms with Gasteiger partial charge < -0.3 is 4.90 Å². The third-order valence-electron chi connectivity index (χ3n) is 5.42. The zero-order valence-electron chi connectivity index (χ0n) is 15.3. The van der Waals surface area contributed by atoms with E-state index < -0.39 is 10.8 Å². The van der Waals surface area contributed by atoms with Crippen LogP contribution >= 0.6 is 0 Å². The molecule has 0 saturated carbocycles. The van der Waals surface area contributed by atoms with Crippen molar-refractivity contribution in [2.75, 3.05) is 32.7 Å². The van der Waals surface area contributed by atoms with Crippen molar-refractivity contribution in [2.45, 2.75) is 69.9 Å². The standard InChI is InChI=1S/C18H34N2O2S/c1-14(2)18(21)13-19-9-5-16(6-10-19)23(22)17-7-11-20(12-8-17)15(3)4/h14-17H,5-13H2,1-4H3. The molecule has 0 bridgehead atoms. The number of ketones is 1. The quantitative estimate of drug-likeness (QED) is 0.743. The molecule has 2 rings (SSSR count). The number of Topliss-reactive ketones (excluding diaryl/α,β-unsaturated/α-hetero) is 1. The molecule has 0 N–H and O–H groups in total. The number of carbonyl (C=O) groups excluding carboxylic acids is 1. The van der Waals surface area contributed by atoms with Crippen LogP contribution in [0, 0.1) is 5.92 Å². The number of carbonyl (C=O) groups is 1. The average molecular weight is 343 g/mol. The number of rotatable bonds is 6. The van der Waals surface area contributed by atoms with E-state index in [0.717, 1.165) is 51.9 Å². The van der Waals surface area contributed by atoms with Crippen LogP contribution in [0.3, 0.4) is 0 Å². The number of hydrogen-bond donors (Lipinski definition) is 0. The lowest BCUT2D eigenvalue weighted by atomic mass is 10.1. The van der Waals surface area contributed by atoms with Gasteiger partial charge in [0.15, 0.2) is 0 Å². The minimum Gasteiger partial charge on any atom is -0.301 e. The van der Waals surface area contributed by atoms with Gasteiger partial charge in [-0.05, 0) is 65.7 Å². The van der Waals surface area contributed by atoms with Gasteiger partial charge >= 0.3 is 0 Å². The van der Waals surface area contributed by atoms with Gasteiger partial charge in [0.1, 0.15) is 5.78 Å². The van der Waals surface area contributed by atoms with E-state index in [1.807, 2.05) is 13.8 Å². The van der Waals surface area contributed by atoms with Crippen LogP contribution in [0.5, 0.6) is 0 Å². The largest absolute Gasteiger partial charge is 0.301 e. The lowest BCUT2D eigenvalue weighted by molar-refractivity contribution is -0.123.